The molecule has 94 valence electrons. The second-order valence-electron chi connectivity index (χ2n) is 4.57. The summed E-state index contributed by atoms with van der Waals surface area (Å²) in [5.41, 5.74) is 6.75. The first-order valence-electron chi connectivity index (χ1n) is 6.34. The van der Waals surface area contributed by atoms with Gasteiger partial charge in [0.05, 0.1) is 13.7 Å². The number of benzene rings is 1. The van der Waals surface area contributed by atoms with E-state index in [0.29, 0.717) is 6.54 Å². The van der Waals surface area contributed by atoms with Crippen LogP contribution in [-0.4, -0.2) is 20.3 Å². The van der Waals surface area contributed by atoms with E-state index in [1.807, 2.05) is 12.1 Å². The molecule has 1 saturated carbocycles. The second-order valence-corrected chi connectivity index (χ2v) is 4.57. The van der Waals surface area contributed by atoms with Gasteiger partial charge < -0.3 is 15.2 Å². The molecule has 3 heteroatoms. The summed E-state index contributed by atoms with van der Waals surface area (Å²) >= 11 is 0. The molecule has 0 heterocycles. The van der Waals surface area contributed by atoms with Crippen molar-refractivity contribution < 1.29 is 9.47 Å². The highest BCUT2D eigenvalue weighted by atomic mass is 16.5. The SMILES string of the molecule is COc1cccc(CCN)c1OCCC1CC1. The normalized spacial score (nSPS) is 14.7. The van der Waals surface area contributed by atoms with Gasteiger partial charge in [0.1, 0.15) is 0 Å². The second kappa shape index (κ2) is 5.92. The standard InChI is InChI=1S/C14H21NO2/c1-16-13-4-2-3-12(7-9-15)14(13)17-10-8-11-5-6-11/h2-4,11H,5-10,15H2,1H3. The minimum Gasteiger partial charge on any atom is -0.493 e. The Morgan fingerprint density at radius 2 is 2.18 bits per heavy atom. The third-order valence-electron chi connectivity index (χ3n) is 3.16. The zero-order valence-corrected chi connectivity index (χ0v) is 10.4. The maximum atomic E-state index is 5.88. The van der Waals surface area contributed by atoms with E-state index in [0.717, 1.165) is 42.4 Å². The van der Waals surface area contributed by atoms with E-state index in [9.17, 15) is 0 Å². The molecule has 1 aromatic rings. The van der Waals surface area contributed by atoms with Crippen LogP contribution in [0.1, 0.15) is 24.8 Å². The van der Waals surface area contributed by atoms with Crippen molar-refractivity contribution in [2.24, 2.45) is 11.7 Å². The number of nitrogens with two attached hydrogens (primary N) is 1. The largest absolute Gasteiger partial charge is 0.493 e. The molecule has 0 bridgehead atoms. The monoisotopic (exact) mass is 235 g/mol. The topological polar surface area (TPSA) is 44.5 Å². The Kier molecular flexibility index (Phi) is 4.26. The predicted molar refractivity (Wildman–Crippen MR) is 68.6 cm³/mol. The van der Waals surface area contributed by atoms with Crippen LogP contribution in [0.15, 0.2) is 18.2 Å². The Hall–Kier alpha value is -1.22. The summed E-state index contributed by atoms with van der Waals surface area (Å²) in [5, 5.41) is 0. The third-order valence-corrected chi connectivity index (χ3v) is 3.16. The van der Waals surface area contributed by atoms with Crippen LogP contribution in [0.25, 0.3) is 0 Å². The van der Waals surface area contributed by atoms with Gasteiger partial charge in [0.25, 0.3) is 0 Å². The van der Waals surface area contributed by atoms with Crippen molar-refractivity contribution in [1.29, 1.82) is 0 Å². The minimum atomic E-state index is 0.631. The molecular weight excluding hydrogens is 214 g/mol. The Balaban J connectivity index is 2.03. The number of hydrogen-bond donors (Lipinski definition) is 1. The van der Waals surface area contributed by atoms with Gasteiger partial charge in [-0.3, -0.25) is 0 Å². The van der Waals surface area contributed by atoms with Crippen molar-refractivity contribution in [2.45, 2.75) is 25.7 Å². The lowest BCUT2D eigenvalue weighted by Gasteiger charge is -2.14. The fourth-order valence-corrected chi connectivity index (χ4v) is 1.97. The van der Waals surface area contributed by atoms with Crippen LogP contribution in [0.4, 0.5) is 0 Å². The maximum Gasteiger partial charge on any atom is 0.164 e. The first-order chi connectivity index (χ1) is 8.35. The molecule has 0 aliphatic heterocycles. The van der Waals surface area contributed by atoms with Crippen LogP contribution in [0.3, 0.4) is 0 Å². The predicted octanol–water partition coefficient (Wildman–Crippen LogP) is 2.38. The molecule has 1 aromatic carbocycles. The molecule has 2 N–H and O–H groups in total. The number of hydrogen-bond acceptors (Lipinski definition) is 3. The molecule has 1 aliphatic rings. The lowest BCUT2D eigenvalue weighted by molar-refractivity contribution is 0.280. The average molecular weight is 235 g/mol. The van der Waals surface area contributed by atoms with Crippen molar-refractivity contribution in [3.05, 3.63) is 23.8 Å². The van der Waals surface area contributed by atoms with E-state index in [1.165, 1.54) is 12.8 Å². The van der Waals surface area contributed by atoms with Crippen molar-refractivity contribution in [2.75, 3.05) is 20.3 Å². The van der Waals surface area contributed by atoms with Crippen molar-refractivity contribution in [1.82, 2.24) is 0 Å². The summed E-state index contributed by atoms with van der Waals surface area (Å²) in [5.74, 6) is 2.58. The molecule has 2 rings (SSSR count). The molecule has 0 spiro atoms. The number of ether oxygens (including phenoxy) is 2. The van der Waals surface area contributed by atoms with E-state index in [4.69, 9.17) is 15.2 Å². The van der Waals surface area contributed by atoms with E-state index in [2.05, 4.69) is 6.07 Å². The summed E-state index contributed by atoms with van der Waals surface area (Å²) in [6.07, 6.45) is 4.71. The average Bonchev–Trinajstić information content (AvgIpc) is 3.15. The highest BCUT2D eigenvalue weighted by molar-refractivity contribution is 5.46. The fraction of sp³-hybridized carbons (Fsp3) is 0.571. The van der Waals surface area contributed by atoms with Gasteiger partial charge in [-0.25, -0.2) is 0 Å². The summed E-state index contributed by atoms with van der Waals surface area (Å²) in [7, 11) is 1.68. The van der Waals surface area contributed by atoms with Gasteiger partial charge in [-0.2, -0.15) is 0 Å². The van der Waals surface area contributed by atoms with Crippen molar-refractivity contribution in [3.8, 4) is 11.5 Å². The Labute approximate surface area is 103 Å². The highest BCUT2D eigenvalue weighted by Crippen LogP contribution is 2.34. The van der Waals surface area contributed by atoms with Crippen molar-refractivity contribution in [3.63, 3.8) is 0 Å². The van der Waals surface area contributed by atoms with Gasteiger partial charge in [-0.1, -0.05) is 25.0 Å². The molecule has 3 nitrogen and oxygen atoms in total. The van der Waals surface area contributed by atoms with E-state index in [-0.39, 0.29) is 0 Å². The first-order valence-corrected chi connectivity index (χ1v) is 6.34. The lowest BCUT2D eigenvalue weighted by Crippen LogP contribution is -2.07. The third kappa shape index (κ3) is 3.37. The molecule has 17 heavy (non-hydrogen) atoms. The van der Waals surface area contributed by atoms with Gasteiger partial charge >= 0.3 is 0 Å². The van der Waals surface area contributed by atoms with Gasteiger partial charge in [0.2, 0.25) is 0 Å². The van der Waals surface area contributed by atoms with Crippen molar-refractivity contribution >= 4 is 0 Å². The van der Waals surface area contributed by atoms with Crippen LogP contribution in [0, 0.1) is 5.92 Å². The quantitative estimate of drug-likeness (QED) is 0.789. The van der Waals surface area contributed by atoms with Gasteiger partial charge in [-0.15, -0.1) is 0 Å². The Morgan fingerprint density at radius 1 is 1.35 bits per heavy atom. The summed E-state index contributed by atoms with van der Waals surface area (Å²) in [6.45, 7) is 1.41. The van der Waals surface area contributed by atoms with Gasteiger partial charge in [0, 0.05) is 0 Å². The van der Waals surface area contributed by atoms with E-state index < -0.39 is 0 Å². The number of rotatable bonds is 7. The van der Waals surface area contributed by atoms with E-state index in [1.54, 1.807) is 7.11 Å². The smallest absolute Gasteiger partial charge is 0.164 e. The van der Waals surface area contributed by atoms with Crippen LogP contribution in [0.5, 0.6) is 11.5 Å². The zero-order valence-electron chi connectivity index (χ0n) is 10.4. The molecule has 0 amide bonds. The molecule has 0 saturated heterocycles. The van der Waals surface area contributed by atoms with E-state index >= 15 is 0 Å². The minimum absolute atomic E-state index is 0.631. The molecule has 0 radical (unpaired) electrons. The lowest BCUT2D eigenvalue weighted by atomic mass is 10.1. The molecule has 1 fully saturated rings. The summed E-state index contributed by atoms with van der Waals surface area (Å²) in [4.78, 5) is 0. The summed E-state index contributed by atoms with van der Waals surface area (Å²) in [6, 6.07) is 5.98. The number of para-hydroxylation sites is 1. The van der Waals surface area contributed by atoms with Crippen LogP contribution in [0.2, 0.25) is 0 Å². The fourth-order valence-electron chi connectivity index (χ4n) is 1.97. The van der Waals surface area contributed by atoms with Crippen LogP contribution >= 0.6 is 0 Å². The molecule has 0 atom stereocenters. The Morgan fingerprint density at radius 3 is 2.82 bits per heavy atom. The van der Waals surface area contributed by atoms with Crippen LogP contribution < -0.4 is 15.2 Å². The molecule has 1 aliphatic carbocycles. The highest BCUT2D eigenvalue weighted by Gasteiger charge is 2.21. The first kappa shape index (κ1) is 12.2. The maximum absolute atomic E-state index is 5.88. The number of methoxy groups -OCH3 is 1. The Bertz CT molecular complexity index is 361. The molecule has 0 aromatic heterocycles. The molecule has 0 unspecified atom stereocenters. The van der Waals surface area contributed by atoms with Gasteiger partial charge in [0.15, 0.2) is 11.5 Å². The van der Waals surface area contributed by atoms with Gasteiger partial charge in [-0.05, 0) is 36.9 Å². The summed E-state index contributed by atoms with van der Waals surface area (Å²) < 4.78 is 11.2. The van der Waals surface area contributed by atoms with Crippen LogP contribution in [-0.2, 0) is 6.42 Å². The molecular formula is C14H21NO2. The zero-order chi connectivity index (χ0) is 12.1.